The Morgan fingerprint density at radius 2 is 2.10 bits per heavy atom. The van der Waals surface area contributed by atoms with Gasteiger partial charge >= 0.3 is 0 Å². The van der Waals surface area contributed by atoms with E-state index < -0.39 is 0 Å². The Labute approximate surface area is 128 Å². The highest BCUT2D eigenvalue weighted by Crippen LogP contribution is 2.18. The molecule has 1 atom stereocenters. The highest BCUT2D eigenvalue weighted by molar-refractivity contribution is 5.20. The summed E-state index contributed by atoms with van der Waals surface area (Å²) in [7, 11) is 0. The molecule has 0 saturated heterocycles. The third kappa shape index (κ3) is 7.02. The summed E-state index contributed by atoms with van der Waals surface area (Å²) in [6.07, 6.45) is 2.82. The van der Waals surface area contributed by atoms with Crippen molar-refractivity contribution in [2.75, 3.05) is 32.8 Å². The maximum absolute atomic E-state index is 13.4. The lowest BCUT2D eigenvalue weighted by molar-refractivity contribution is 0.222. The standard InChI is InChI=1S/C17H29FN2O/c1-3-10-19-17(15-7-5-8-16(18)14-15)9-12-20(4-2)11-6-13-21/h5,7-8,14,17,19,21H,3-4,6,9-13H2,1-2H3. The van der Waals surface area contributed by atoms with Gasteiger partial charge in [0.15, 0.2) is 0 Å². The van der Waals surface area contributed by atoms with E-state index in [9.17, 15) is 4.39 Å². The number of nitrogens with one attached hydrogen (secondary N) is 1. The third-order valence-corrected chi connectivity index (χ3v) is 3.71. The highest BCUT2D eigenvalue weighted by Gasteiger charge is 2.13. The molecule has 4 heteroatoms. The van der Waals surface area contributed by atoms with Gasteiger partial charge in [-0.15, -0.1) is 0 Å². The third-order valence-electron chi connectivity index (χ3n) is 3.71. The maximum Gasteiger partial charge on any atom is 0.123 e. The Morgan fingerprint density at radius 3 is 2.71 bits per heavy atom. The Kier molecular flexibility index (Phi) is 9.22. The van der Waals surface area contributed by atoms with Crippen LogP contribution in [0.5, 0.6) is 0 Å². The van der Waals surface area contributed by atoms with Crippen LogP contribution in [0.15, 0.2) is 24.3 Å². The summed E-state index contributed by atoms with van der Waals surface area (Å²) in [6, 6.07) is 7.05. The fourth-order valence-corrected chi connectivity index (χ4v) is 2.46. The average Bonchev–Trinajstić information content (AvgIpc) is 2.50. The Morgan fingerprint density at radius 1 is 1.29 bits per heavy atom. The average molecular weight is 296 g/mol. The van der Waals surface area contributed by atoms with E-state index >= 15 is 0 Å². The van der Waals surface area contributed by atoms with Crippen LogP contribution in [0, 0.1) is 5.82 Å². The second-order valence-corrected chi connectivity index (χ2v) is 5.36. The summed E-state index contributed by atoms with van der Waals surface area (Å²) in [5.41, 5.74) is 1.02. The molecule has 1 rings (SSSR count). The van der Waals surface area contributed by atoms with Crippen LogP contribution in [-0.4, -0.2) is 42.8 Å². The van der Waals surface area contributed by atoms with Crippen molar-refractivity contribution < 1.29 is 9.50 Å². The van der Waals surface area contributed by atoms with Crippen LogP contribution in [0.2, 0.25) is 0 Å². The monoisotopic (exact) mass is 296 g/mol. The van der Waals surface area contributed by atoms with E-state index in [1.165, 1.54) is 6.07 Å². The second-order valence-electron chi connectivity index (χ2n) is 5.36. The zero-order valence-corrected chi connectivity index (χ0v) is 13.3. The van der Waals surface area contributed by atoms with Crippen LogP contribution >= 0.6 is 0 Å². The SMILES string of the molecule is CCCNC(CCN(CC)CCCO)c1cccc(F)c1. The zero-order valence-electron chi connectivity index (χ0n) is 13.3. The van der Waals surface area contributed by atoms with E-state index in [0.29, 0.717) is 0 Å². The Hall–Kier alpha value is -0.970. The molecular formula is C17H29FN2O. The van der Waals surface area contributed by atoms with Crippen LogP contribution in [0.1, 0.15) is 44.7 Å². The summed E-state index contributed by atoms with van der Waals surface area (Å²) in [5.74, 6) is -0.177. The molecule has 2 N–H and O–H groups in total. The van der Waals surface area contributed by atoms with E-state index in [-0.39, 0.29) is 18.5 Å². The van der Waals surface area contributed by atoms with Crippen LogP contribution in [0.4, 0.5) is 4.39 Å². The van der Waals surface area contributed by atoms with Gasteiger partial charge in [-0.3, -0.25) is 0 Å². The highest BCUT2D eigenvalue weighted by atomic mass is 19.1. The van der Waals surface area contributed by atoms with Crippen LogP contribution in [-0.2, 0) is 0 Å². The first-order chi connectivity index (χ1) is 10.2. The second kappa shape index (κ2) is 10.7. The molecule has 1 aromatic rings. The van der Waals surface area contributed by atoms with Crippen LogP contribution in [0.25, 0.3) is 0 Å². The van der Waals surface area contributed by atoms with Gasteiger partial charge in [-0.1, -0.05) is 26.0 Å². The van der Waals surface area contributed by atoms with Crippen molar-refractivity contribution in [3.63, 3.8) is 0 Å². The van der Waals surface area contributed by atoms with Crippen LogP contribution in [0.3, 0.4) is 0 Å². The first-order valence-electron chi connectivity index (χ1n) is 8.03. The van der Waals surface area contributed by atoms with E-state index in [1.54, 1.807) is 12.1 Å². The van der Waals surface area contributed by atoms with Crippen molar-refractivity contribution in [2.45, 2.75) is 39.2 Å². The molecule has 0 aliphatic heterocycles. The van der Waals surface area contributed by atoms with Gasteiger partial charge in [-0.2, -0.15) is 0 Å². The molecule has 0 saturated carbocycles. The number of hydrogen-bond donors (Lipinski definition) is 2. The summed E-state index contributed by atoms with van der Waals surface area (Å²) >= 11 is 0. The van der Waals surface area contributed by atoms with Gasteiger partial charge in [0, 0.05) is 19.2 Å². The van der Waals surface area contributed by atoms with E-state index in [4.69, 9.17) is 5.11 Å². The number of halogens is 1. The summed E-state index contributed by atoms with van der Waals surface area (Å²) in [5, 5.41) is 12.4. The lowest BCUT2D eigenvalue weighted by Gasteiger charge is -2.25. The quantitative estimate of drug-likeness (QED) is 0.659. The van der Waals surface area contributed by atoms with Crippen molar-refractivity contribution in [2.24, 2.45) is 0 Å². The minimum Gasteiger partial charge on any atom is -0.396 e. The van der Waals surface area contributed by atoms with Crippen molar-refractivity contribution in [3.8, 4) is 0 Å². The molecule has 0 aliphatic rings. The van der Waals surface area contributed by atoms with Gasteiger partial charge in [0.25, 0.3) is 0 Å². The molecule has 1 unspecified atom stereocenters. The van der Waals surface area contributed by atoms with Gasteiger partial charge < -0.3 is 15.3 Å². The first kappa shape index (κ1) is 18.1. The minimum atomic E-state index is -0.177. The fourth-order valence-electron chi connectivity index (χ4n) is 2.46. The molecule has 0 radical (unpaired) electrons. The normalized spacial score (nSPS) is 12.8. The Balaban J connectivity index is 2.60. The molecule has 0 fully saturated rings. The number of benzene rings is 1. The van der Waals surface area contributed by atoms with Crippen molar-refractivity contribution in [1.82, 2.24) is 10.2 Å². The lowest BCUT2D eigenvalue weighted by atomic mass is 10.0. The summed E-state index contributed by atoms with van der Waals surface area (Å²) in [6.45, 7) is 8.28. The van der Waals surface area contributed by atoms with Crippen molar-refractivity contribution in [3.05, 3.63) is 35.6 Å². The molecule has 0 heterocycles. The topological polar surface area (TPSA) is 35.5 Å². The van der Waals surface area contributed by atoms with Gasteiger partial charge in [-0.25, -0.2) is 4.39 Å². The molecule has 3 nitrogen and oxygen atoms in total. The van der Waals surface area contributed by atoms with Crippen LogP contribution < -0.4 is 5.32 Å². The van der Waals surface area contributed by atoms with E-state index in [2.05, 4.69) is 24.1 Å². The predicted molar refractivity (Wildman–Crippen MR) is 85.9 cm³/mol. The number of aliphatic hydroxyl groups is 1. The van der Waals surface area contributed by atoms with Gasteiger partial charge in [0.2, 0.25) is 0 Å². The molecule has 1 aromatic carbocycles. The molecular weight excluding hydrogens is 267 g/mol. The van der Waals surface area contributed by atoms with Gasteiger partial charge in [0.1, 0.15) is 5.82 Å². The predicted octanol–water partition coefficient (Wildman–Crippen LogP) is 2.96. The molecule has 0 amide bonds. The molecule has 21 heavy (non-hydrogen) atoms. The summed E-state index contributed by atoms with van der Waals surface area (Å²) < 4.78 is 13.4. The van der Waals surface area contributed by atoms with Gasteiger partial charge in [-0.05, 0) is 56.6 Å². The molecule has 0 spiro atoms. The number of aliphatic hydroxyl groups excluding tert-OH is 1. The zero-order chi connectivity index (χ0) is 15.5. The van der Waals surface area contributed by atoms with Crippen molar-refractivity contribution >= 4 is 0 Å². The summed E-state index contributed by atoms with van der Waals surface area (Å²) in [4.78, 5) is 2.33. The molecule has 0 bridgehead atoms. The maximum atomic E-state index is 13.4. The Bertz CT molecular complexity index is 387. The molecule has 120 valence electrons. The number of hydrogen-bond acceptors (Lipinski definition) is 3. The van der Waals surface area contributed by atoms with E-state index in [0.717, 1.165) is 51.0 Å². The van der Waals surface area contributed by atoms with Gasteiger partial charge in [0.05, 0.1) is 0 Å². The molecule has 0 aliphatic carbocycles. The largest absolute Gasteiger partial charge is 0.396 e. The molecule has 0 aromatic heterocycles. The smallest absolute Gasteiger partial charge is 0.123 e. The van der Waals surface area contributed by atoms with Crippen molar-refractivity contribution in [1.29, 1.82) is 0 Å². The fraction of sp³-hybridized carbons (Fsp3) is 0.647. The first-order valence-corrected chi connectivity index (χ1v) is 8.03. The number of rotatable bonds is 11. The minimum absolute atomic E-state index is 0.177. The van der Waals surface area contributed by atoms with E-state index in [1.807, 2.05) is 6.07 Å². The number of nitrogens with zero attached hydrogens (tertiary/aromatic N) is 1. The lowest BCUT2D eigenvalue weighted by Crippen LogP contribution is -2.31.